The molecule has 2 aromatic heterocycles. The number of likely N-dealkylation sites (tertiary alicyclic amines) is 1. The quantitative estimate of drug-likeness (QED) is 0.731. The Balaban J connectivity index is 1.63. The van der Waals surface area contributed by atoms with Crippen LogP contribution in [0.4, 0.5) is 8.78 Å². The molecule has 0 radical (unpaired) electrons. The zero-order valence-electron chi connectivity index (χ0n) is 15.6. The van der Waals surface area contributed by atoms with E-state index in [9.17, 15) is 13.6 Å². The molecule has 3 aromatic rings. The van der Waals surface area contributed by atoms with Crippen molar-refractivity contribution in [3.05, 3.63) is 41.7 Å². The van der Waals surface area contributed by atoms with Crippen molar-refractivity contribution in [1.29, 1.82) is 5.26 Å². The van der Waals surface area contributed by atoms with Crippen LogP contribution < -0.4 is 4.74 Å². The van der Waals surface area contributed by atoms with Crippen molar-refractivity contribution in [3.63, 3.8) is 0 Å². The van der Waals surface area contributed by atoms with Crippen LogP contribution in [0.3, 0.4) is 0 Å². The molecule has 1 aliphatic heterocycles. The molecule has 0 aliphatic carbocycles. The van der Waals surface area contributed by atoms with Gasteiger partial charge in [-0.1, -0.05) is 0 Å². The summed E-state index contributed by atoms with van der Waals surface area (Å²) < 4.78 is 32.1. The third kappa shape index (κ3) is 3.49. The Hall–Kier alpha value is -3.54. The monoisotopic (exact) mass is 397 g/mol. The number of benzene rings is 1. The van der Waals surface area contributed by atoms with Crippen molar-refractivity contribution in [2.75, 3.05) is 20.2 Å². The van der Waals surface area contributed by atoms with E-state index >= 15 is 0 Å². The fourth-order valence-electron chi connectivity index (χ4n) is 3.36. The number of alkyl halides is 2. The normalized spacial score (nSPS) is 15.9. The number of aromatic amines is 1. The molecule has 1 aromatic carbocycles. The number of halogens is 2. The summed E-state index contributed by atoms with van der Waals surface area (Å²) in [5.74, 6) is -2.26. The lowest BCUT2D eigenvalue weighted by atomic mass is 10.0. The molecule has 4 rings (SSSR count). The number of fused-ring (bicyclic) bond motifs is 1. The second-order valence-electron chi connectivity index (χ2n) is 6.83. The van der Waals surface area contributed by atoms with E-state index in [0.717, 1.165) is 0 Å². The number of H-pyrrole nitrogens is 1. The fourth-order valence-corrected chi connectivity index (χ4v) is 3.36. The highest BCUT2D eigenvalue weighted by Gasteiger charge is 2.35. The summed E-state index contributed by atoms with van der Waals surface area (Å²) in [5.41, 5.74) is 1.89. The summed E-state index contributed by atoms with van der Waals surface area (Å²) in [5, 5.41) is 9.70. The molecule has 0 bridgehead atoms. The molecule has 9 heteroatoms. The lowest BCUT2D eigenvalue weighted by Gasteiger charge is -2.31. The Morgan fingerprint density at radius 1 is 1.34 bits per heavy atom. The third-order valence-corrected chi connectivity index (χ3v) is 5.02. The Labute approximate surface area is 164 Å². The van der Waals surface area contributed by atoms with Crippen LogP contribution in [0.5, 0.6) is 5.75 Å². The standard InChI is InChI=1S/C20H17F2N5O2/c1-29-16-8-12(19(28)27-6-4-20(21,22)5-7-27)2-3-14(16)17-25-11-15-13(9-23)10-24-18(15)26-17/h2-3,8,10-11H,4-7H2,1H3,(H,24,25,26). The number of carbonyl (C=O) groups excluding carboxylic acids is 1. The molecule has 1 aliphatic rings. The molecule has 3 heterocycles. The minimum Gasteiger partial charge on any atom is -0.496 e. The number of carbonyl (C=O) groups is 1. The zero-order valence-corrected chi connectivity index (χ0v) is 15.6. The first-order chi connectivity index (χ1) is 13.9. The van der Waals surface area contributed by atoms with Gasteiger partial charge in [-0.15, -0.1) is 0 Å². The lowest BCUT2D eigenvalue weighted by molar-refractivity contribution is -0.0494. The van der Waals surface area contributed by atoms with E-state index in [4.69, 9.17) is 10.00 Å². The Morgan fingerprint density at radius 2 is 2.10 bits per heavy atom. The second-order valence-corrected chi connectivity index (χ2v) is 6.83. The van der Waals surface area contributed by atoms with E-state index in [0.29, 0.717) is 39.3 Å². The van der Waals surface area contributed by atoms with Crippen molar-refractivity contribution in [2.24, 2.45) is 0 Å². The number of hydrogen-bond donors (Lipinski definition) is 1. The van der Waals surface area contributed by atoms with Gasteiger partial charge in [-0.3, -0.25) is 4.79 Å². The zero-order chi connectivity index (χ0) is 20.6. The number of methoxy groups -OCH3 is 1. The highest BCUT2D eigenvalue weighted by atomic mass is 19.3. The number of hydrogen-bond acceptors (Lipinski definition) is 5. The highest BCUT2D eigenvalue weighted by molar-refractivity contribution is 5.95. The van der Waals surface area contributed by atoms with Gasteiger partial charge in [0, 0.05) is 43.9 Å². The predicted octanol–water partition coefficient (Wildman–Crippen LogP) is 3.38. The topological polar surface area (TPSA) is 94.9 Å². The molecule has 1 saturated heterocycles. The van der Waals surface area contributed by atoms with Crippen molar-refractivity contribution < 1.29 is 18.3 Å². The van der Waals surface area contributed by atoms with Crippen LogP contribution in [-0.2, 0) is 0 Å². The van der Waals surface area contributed by atoms with Gasteiger partial charge >= 0.3 is 0 Å². The average molecular weight is 397 g/mol. The minimum absolute atomic E-state index is 0.0176. The van der Waals surface area contributed by atoms with Gasteiger partial charge in [-0.2, -0.15) is 5.26 Å². The molecular formula is C20H17F2N5O2. The summed E-state index contributed by atoms with van der Waals surface area (Å²) in [7, 11) is 1.47. The Bertz CT molecular complexity index is 1130. The molecule has 29 heavy (non-hydrogen) atoms. The van der Waals surface area contributed by atoms with Gasteiger partial charge in [0.15, 0.2) is 5.82 Å². The summed E-state index contributed by atoms with van der Waals surface area (Å²) in [6.07, 6.45) is 2.45. The molecule has 0 saturated carbocycles. The van der Waals surface area contributed by atoms with Crippen LogP contribution in [-0.4, -0.2) is 51.9 Å². The van der Waals surface area contributed by atoms with Gasteiger partial charge < -0.3 is 14.6 Å². The summed E-state index contributed by atoms with van der Waals surface area (Å²) in [6, 6.07) is 6.90. The number of nitrogens with one attached hydrogen (secondary N) is 1. The second kappa shape index (κ2) is 7.13. The van der Waals surface area contributed by atoms with E-state index < -0.39 is 5.92 Å². The number of nitriles is 1. The first-order valence-electron chi connectivity index (χ1n) is 9.01. The van der Waals surface area contributed by atoms with E-state index in [2.05, 4.69) is 21.0 Å². The van der Waals surface area contributed by atoms with Crippen LogP contribution in [0, 0.1) is 11.3 Å². The Kier molecular flexibility index (Phi) is 4.62. The van der Waals surface area contributed by atoms with Crippen LogP contribution in [0.1, 0.15) is 28.8 Å². The smallest absolute Gasteiger partial charge is 0.253 e. The number of amides is 1. The average Bonchev–Trinajstić information content (AvgIpc) is 3.15. The molecule has 1 N–H and O–H groups in total. The minimum atomic E-state index is -2.71. The van der Waals surface area contributed by atoms with Gasteiger partial charge in [0.2, 0.25) is 0 Å². The van der Waals surface area contributed by atoms with Crippen LogP contribution in [0.2, 0.25) is 0 Å². The van der Waals surface area contributed by atoms with Crippen LogP contribution in [0.25, 0.3) is 22.4 Å². The first-order valence-corrected chi connectivity index (χ1v) is 9.01. The molecule has 0 atom stereocenters. The van der Waals surface area contributed by atoms with E-state index in [1.165, 1.54) is 12.0 Å². The number of ether oxygens (including phenoxy) is 1. The van der Waals surface area contributed by atoms with Gasteiger partial charge in [0.1, 0.15) is 17.5 Å². The van der Waals surface area contributed by atoms with E-state index in [1.807, 2.05) is 0 Å². The molecular weight excluding hydrogens is 380 g/mol. The SMILES string of the molecule is COc1cc(C(=O)N2CCC(F)(F)CC2)ccc1-c1ncc2c(C#N)c[nH]c2n1. The lowest BCUT2D eigenvalue weighted by Crippen LogP contribution is -2.42. The molecule has 7 nitrogen and oxygen atoms in total. The number of nitrogens with zero attached hydrogens (tertiary/aromatic N) is 4. The maximum Gasteiger partial charge on any atom is 0.253 e. The number of piperidine rings is 1. The van der Waals surface area contributed by atoms with E-state index in [-0.39, 0.29) is 31.8 Å². The van der Waals surface area contributed by atoms with Crippen LogP contribution >= 0.6 is 0 Å². The van der Waals surface area contributed by atoms with E-state index in [1.54, 1.807) is 30.6 Å². The van der Waals surface area contributed by atoms with Crippen molar-refractivity contribution in [2.45, 2.75) is 18.8 Å². The molecule has 1 amide bonds. The molecule has 1 fully saturated rings. The highest BCUT2D eigenvalue weighted by Crippen LogP contribution is 2.32. The maximum absolute atomic E-state index is 13.3. The number of aromatic nitrogens is 3. The third-order valence-electron chi connectivity index (χ3n) is 5.02. The Morgan fingerprint density at radius 3 is 2.79 bits per heavy atom. The largest absolute Gasteiger partial charge is 0.496 e. The summed E-state index contributed by atoms with van der Waals surface area (Å²) in [4.78, 5) is 25.8. The van der Waals surface area contributed by atoms with Crippen molar-refractivity contribution in [1.82, 2.24) is 19.9 Å². The molecule has 0 unspecified atom stereocenters. The van der Waals surface area contributed by atoms with Crippen LogP contribution in [0.15, 0.2) is 30.6 Å². The summed E-state index contributed by atoms with van der Waals surface area (Å²) >= 11 is 0. The number of rotatable bonds is 3. The first kappa shape index (κ1) is 18.8. The predicted molar refractivity (Wildman–Crippen MR) is 101 cm³/mol. The molecule has 148 valence electrons. The summed E-state index contributed by atoms with van der Waals surface area (Å²) in [6.45, 7) is 0.0352. The maximum atomic E-state index is 13.3. The fraction of sp³-hybridized carbons (Fsp3) is 0.300. The van der Waals surface area contributed by atoms with Gasteiger partial charge in [-0.05, 0) is 18.2 Å². The van der Waals surface area contributed by atoms with Gasteiger partial charge in [0.25, 0.3) is 11.8 Å². The van der Waals surface area contributed by atoms with Gasteiger partial charge in [-0.25, -0.2) is 18.7 Å². The van der Waals surface area contributed by atoms with Crippen molar-refractivity contribution in [3.8, 4) is 23.2 Å². The van der Waals surface area contributed by atoms with Crippen molar-refractivity contribution >= 4 is 16.9 Å². The molecule has 0 spiro atoms. The van der Waals surface area contributed by atoms with Gasteiger partial charge in [0.05, 0.1) is 23.6 Å².